The van der Waals surface area contributed by atoms with Crippen molar-refractivity contribution in [2.45, 2.75) is 0 Å². The van der Waals surface area contributed by atoms with Crippen molar-refractivity contribution in [2.75, 3.05) is 0 Å². The third kappa shape index (κ3) is 1.44. The van der Waals surface area contributed by atoms with E-state index in [0.717, 1.165) is 24.3 Å². The molecule has 2 aromatic rings. The van der Waals surface area contributed by atoms with Crippen LogP contribution < -0.4 is 5.56 Å². The number of aromatic nitrogens is 2. The van der Waals surface area contributed by atoms with Crippen LogP contribution in [0.3, 0.4) is 0 Å². The van der Waals surface area contributed by atoms with Crippen molar-refractivity contribution >= 4 is 0 Å². The van der Waals surface area contributed by atoms with Gasteiger partial charge in [0, 0.05) is 11.6 Å². The number of nitrogens with one attached hydrogen (secondary N) is 2. The SMILES string of the molecule is O=c1cc(-c2cc(F)ccc2F)[nH][nH]1. The van der Waals surface area contributed by atoms with E-state index in [-0.39, 0.29) is 16.8 Å². The first-order valence-corrected chi connectivity index (χ1v) is 3.90. The van der Waals surface area contributed by atoms with E-state index in [1.165, 1.54) is 0 Å². The van der Waals surface area contributed by atoms with Gasteiger partial charge >= 0.3 is 0 Å². The average molecular weight is 196 g/mol. The molecule has 1 aromatic heterocycles. The Morgan fingerprint density at radius 1 is 1.07 bits per heavy atom. The summed E-state index contributed by atoms with van der Waals surface area (Å²) in [6.07, 6.45) is 0. The van der Waals surface area contributed by atoms with Gasteiger partial charge in [-0.25, -0.2) is 8.78 Å². The van der Waals surface area contributed by atoms with E-state index in [2.05, 4.69) is 10.2 Å². The van der Waals surface area contributed by atoms with E-state index in [1.54, 1.807) is 0 Å². The zero-order valence-corrected chi connectivity index (χ0v) is 6.97. The molecule has 0 spiro atoms. The summed E-state index contributed by atoms with van der Waals surface area (Å²) in [5, 5.41) is 4.69. The van der Waals surface area contributed by atoms with Crippen LogP contribution in [-0.2, 0) is 0 Å². The van der Waals surface area contributed by atoms with Crippen LogP contribution in [0.1, 0.15) is 0 Å². The van der Waals surface area contributed by atoms with E-state index in [0.29, 0.717) is 0 Å². The van der Waals surface area contributed by atoms with Gasteiger partial charge in [0.1, 0.15) is 11.6 Å². The maximum atomic E-state index is 13.2. The fraction of sp³-hybridized carbons (Fsp3) is 0. The summed E-state index contributed by atoms with van der Waals surface area (Å²) < 4.78 is 25.9. The van der Waals surface area contributed by atoms with Crippen LogP contribution >= 0.6 is 0 Å². The van der Waals surface area contributed by atoms with Crippen molar-refractivity contribution in [1.29, 1.82) is 0 Å². The lowest BCUT2D eigenvalue weighted by Gasteiger charge is -1.98. The van der Waals surface area contributed by atoms with Crippen LogP contribution in [0.15, 0.2) is 29.1 Å². The number of benzene rings is 1. The van der Waals surface area contributed by atoms with Gasteiger partial charge in [0.05, 0.1) is 5.69 Å². The second kappa shape index (κ2) is 3.10. The zero-order chi connectivity index (χ0) is 10.1. The van der Waals surface area contributed by atoms with Gasteiger partial charge in [0.25, 0.3) is 5.56 Å². The molecule has 0 fully saturated rings. The maximum Gasteiger partial charge on any atom is 0.264 e. The molecule has 0 bridgehead atoms. The predicted octanol–water partition coefficient (Wildman–Crippen LogP) is 1.65. The Morgan fingerprint density at radius 3 is 2.50 bits per heavy atom. The monoisotopic (exact) mass is 196 g/mol. The molecule has 0 aliphatic rings. The summed E-state index contributed by atoms with van der Waals surface area (Å²) in [5.74, 6) is -1.13. The molecule has 1 aromatic carbocycles. The standard InChI is InChI=1S/C9H6F2N2O/c10-5-1-2-7(11)6(3-5)8-4-9(14)13-12-8/h1-4H,(H2,12,13,14). The summed E-state index contributed by atoms with van der Waals surface area (Å²) in [5.41, 5.74) is -0.126. The molecule has 1 heterocycles. The second-order valence-electron chi connectivity index (χ2n) is 2.80. The van der Waals surface area contributed by atoms with E-state index >= 15 is 0 Å². The fourth-order valence-corrected chi connectivity index (χ4v) is 1.18. The number of halogens is 2. The van der Waals surface area contributed by atoms with Crippen LogP contribution in [0.4, 0.5) is 8.78 Å². The molecule has 2 rings (SSSR count). The average Bonchev–Trinajstić information content (AvgIpc) is 2.56. The van der Waals surface area contributed by atoms with Crippen LogP contribution in [0.2, 0.25) is 0 Å². The Bertz CT molecular complexity index is 516. The molecule has 0 unspecified atom stereocenters. The van der Waals surface area contributed by atoms with Crippen LogP contribution in [0.25, 0.3) is 11.3 Å². The van der Waals surface area contributed by atoms with Crippen LogP contribution in [0.5, 0.6) is 0 Å². The third-order valence-electron chi connectivity index (χ3n) is 1.81. The van der Waals surface area contributed by atoms with Crippen molar-refractivity contribution in [3.05, 3.63) is 46.3 Å². The predicted molar refractivity (Wildman–Crippen MR) is 46.8 cm³/mol. The molecule has 5 heteroatoms. The molecule has 0 amide bonds. The summed E-state index contributed by atoms with van der Waals surface area (Å²) in [6.45, 7) is 0. The Balaban J connectivity index is 2.61. The van der Waals surface area contributed by atoms with Gasteiger partial charge < -0.3 is 0 Å². The van der Waals surface area contributed by atoms with Gasteiger partial charge in [0.2, 0.25) is 0 Å². The van der Waals surface area contributed by atoms with Gasteiger partial charge in [-0.3, -0.25) is 15.0 Å². The zero-order valence-electron chi connectivity index (χ0n) is 6.97. The van der Waals surface area contributed by atoms with Crippen LogP contribution in [0, 0.1) is 11.6 Å². The quantitative estimate of drug-likeness (QED) is 0.715. The summed E-state index contributed by atoms with van der Waals surface area (Å²) >= 11 is 0. The maximum absolute atomic E-state index is 13.2. The normalized spacial score (nSPS) is 10.4. The van der Waals surface area contributed by atoms with Gasteiger partial charge in [0.15, 0.2) is 0 Å². The number of hydrogen-bond acceptors (Lipinski definition) is 1. The number of H-pyrrole nitrogens is 2. The van der Waals surface area contributed by atoms with Crippen LogP contribution in [-0.4, -0.2) is 10.2 Å². The van der Waals surface area contributed by atoms with Crippen molar-refractivity contribution in [3.8, 4) is 11.3 Å². The summed E-state index contributed by atoms with van der Waals surface area (Å²) in [7, 11) is 0. The highest BCUT2D eigenvalue weighted by Gasteiger charge is 2.07. The molecule has 0 saturated carbocycles. The molecule has 72 valence electrons. The van der Waals surface area contributed by atoms with Crippen molar-refractivity contribution in [3.63, 3.8) is 0 Å². The first-order valence-electron chi connectivity index (χ1n) is 3.90. The molecule has 0 radical (unpaired) electrons. The van der Waals surface area contributed by atoms with E-state index in [1.807, 2.05) is 0 Å². The van der Waals surface area contributed by atoms with E-state index in [4.69, 9.17) is 0 Å². The Hall–Kier alpha value is -1.91. The van der Waals surface area contributed by atoms with Gasteiger partial charge in [-0.1, -0.05) is 0 Å². The number of aromatic amines is 2. The first kappa shape index (κ1) is 8.68. The van der Waals surface area contributed by atoms with Gasteiger partial charge in [-0.2, -0.15) is 0 Å². The molecule has 0 saturated heterocycles. The minimum absolute atomic E-state index is 0.0309. The molecule has 3 nitrogen and oxygen atoms in total. The van der Waals surface area contributed by atoms with Crippen molar-refractivity contribution < 1.29 is 8.78 Å². The third-order valence-corrected chi connectivity index (χ3v) is 1.81. The molecule has 0 aliphatic carbocycles. The highest BCUT2D eigenvalue weighted by molar-refractivity contribution is 5.59. The molecule has 0 atom stereocenters. The minimum atomic E-state index is -0.582. The van der Waals surface area contributed by atoms with Crippen molar-refractivity contribution in [1.82, 2.24) is 10.2 Å². The second-order valence-corrected chi connectivity index (χ2v) is 2.80. The lowest BCUT2D eigenvalue weighted by Crippen LogP contribution is -1.93. The highest BCUT2D eigenvalue weighted by atomic mass is 19.1. The largest absolute Gasteiger partial charge is 0.297 e. The molecular weight excluding hydrogens is 190 g/mol. The first-order chi connectivity index (χ1) is 6.66. The smallest absolute Gasteiger partial charge is 0.264 e. The highest BCUT2D eigenvalue weighted by Crippen LogP contribution is 2.19. The molecule has 0 aliphatic heterocycles. The Labute approximate surface area is 77.4 Å². The summed E-state index contributed by atoms with van der Waals surface area (Å²) in [6, 6.07) is 4.21. The lowest BCUT2D eigenvalue weighted by molar-refractivity contribution is 0.602. The minimum Gasteiger partial charge on any atom is -0.297 e. The summed E-state index contributed by atoms with van der Waals surface area (Å²) in [4.78, 5) is 10.8. The van der Waals surface area contributed by atoms with E-state index < -0.39 is 11.6 Å². The van der Waals surface area contributed by atoms with Gasteiger partial charge in [-0.15, -0.1) is 0 Å². The number of rotatable bonds is 1. The number of hydrogen-bond donors (Lipinski definition) is 2. The Morgan fingerprint density at radius 2 is 1.86 bits per heavy atom. The van der Waals surface area contributed by atoms with Crippen molar-refractivity contribution in [2.24, 2.45) is 0 Å². The topological polar surface area (TPSA) is 48.6 Å². The van der Waals surface area contributed by atoms with Gasteiger partial charge in [-0.05, 0) is 18.2 Å². The fourth-order valence-electron chi connectivity index (χ4n) is 1.18. The molecule has 2 N–H and O–H groups in total. The van der Waals surface area contributed by atoms with E-state index in [9.17, 15) is 13.6 Å². The Kier molecular flexibility index (Phi) is 1.92. The lowest BCUT2D eigenvalue weighted by atomic mass is 10.1. The molecular formula is C9H6F2N2O. The molecule has 14 heavy (non-hydrogen) atoms.